The van der Waals surface area contributed by atoms with Crippen molar-refractivity contribution < 1.29 is 18.0 Å². The van der Waals surface area contributed by atoms with Gasteiger partial charge in [0.2, 0.25) is 21.8 Å². The lowest BCUT2D eigenvalue weighted by Gasteiger charge is -2.44. The fourth-order valence-corrected chi connectivity index (χ4v) is 4.42. The molecular weight excluding hydrogens is 326 g/mol. The molecule has 1 aromatic rings. The van der Waals surface area contributed by atoms with Crippen molar-refractivity contribution in [2.24, 2.45) is 0 Å². The van der Waals surface area contributed by atoms with Crippen LogP contribution in [0.15, 0.2) is 17.5 Å². The van der Waals surface area contributed by atoms with Crippen molar-refractivity contribution in [2.45, 2.75) is 18.5 Å². The molecule has 0 radical (unpaired) electrons. The van der Waals surface area contributed by atoms with Crippen LogP contribution >= 0.6 is 11.3 Å². The Morgan fingerprint density at radius 3 is 2.77 bits per heavy atom. The maximum absolute atomic E-state index is 12.5. The van der Waals surface area contributed by atoms with Crippen LogP contribution in [0, 0.1) is 0 Å². The number of fused-ring (bicyclic) bond motifs is 1. The van der Waals surface area contributed by atoms with E-state index in [0.29, 0.717) is 6.42 Å². The van der Waals surface area contributed by atoms with Crippen LogP contribution in [0.5, 0.6) is 0 Å². The van der Waals surface area contributed by atoms with Gasteiger partial charge in [-0.15, -0.1) is 11.3 Å². The van der Waals surface area contributed by atoms with Crippen molar-refractivity contribution in [1.29, 1.82) is 0 Å². The summed E-state index contributed by atoms with van der Waals surface area (Å²) in [6.07, 6.45) is 1.59. The third-order valence-electron chi connectivity index (χ3n) is 4.00. The first-order chi connectivity index (χ1) is 10.4. The monoisotopic (exact) mass is 343 g/mol. The van der Waals surface area contributed by atoms with Gasteiger partial charge in [0.15, 0.2) is 0 Å². The Kier molecular flexibility index (Phi) is 3.96. The molecule has 120 valence electrons. The fraction of sp³-hybridized carbons (Fsp3) is 0.538. The Morgan fingerprint density at radius 1 is 1.36 bits per heavy atom. The number of amides is 2. The molecule has 0 bridgehead atoms. The van der Waals surface area contributed by atoms with Gasteiger partial charge in [0.1, 0.15) is 12.1 Å². The number of hydrogen-bond acceptors (Lipinski definition) is 5. The highest BCUT2D eigenvalue weighted by Gasteiger charge is 2.44. The zero-order chi connectivity index (χ0) is 15.9. The largest absolute Gasteiger partial charge is 0.342 e. The van der Waals surface area contributed by atoms with Gasteiger partial charge in [-0.05, 0) is 11.4 Å². The SMILES string of the molecule is CS(=O)(=O)N1CCN2C(=O)[C@H](Cc3cccs3)NC(=O)[C@@H]2C1. The summed E-state index contributed by atoms with van der Waals surface area (Å²) >= 11 is 1.54. The molecule has 3 heterocycles. The summed E-state index contributed by atoms with van der Waals surface area (Å²) in [5.41, 5.74) is 0. The van der Waals surface area contributed by atoms with Crippen LogP contribution in [0.4, 0.5) is 0 Å². The molecule has 2 fully saturated rings. The zero-order valence-corrected chi connectivity index (χ0v) is 13.7. The Balaban J connectivity index is 1.75. The number of carbonyl (C=O) groups is 2. The van der Waals surface area contributed by atoms with Gasteiger partial charge in [0, 0.05) is 30.9 Å². The molecule has 0 aliphatic carbocycles. The average molecular weight is 343 g/mol. The molecule has 2 aliphatic heterocycles. The number of nitrogens with one attached hydrogen (secondary N) is 1. The predicted molar refractivity (Wildman–Crippen MR) is 81.9 cm³/mol. The lowest BCUT2D eigenvalue weighted by Crippen LogP contribution is -2.69. The summed E-state index contributed by atoms with van der Waals surface area (Å²) in [5, 5.41) is 4.66. The molecule has 0 aromatic carbocycles. The molecule has 2 saturated heterocycles. The maximum Gasteiger partial charge on any atom is 0.246 e. The van der Waals surface area contributed by atoms with Crippen molar-refractivity contribution in [1.82, 2.24) is 14.5 Å². The summed E-state index contributed by atoms with van der Waals surface area (Å²) in [6.45, 7) is 0.521. The molecule has 22 heavy (non-hydrogen) atoms. The van der Waals surface area contributed by atoms with Crippen LogP contribution in [-0.4, -0.2) is 67.4 Å². The molecule has 0 unspecified atom stereocenters. The van der Waals surface area contributed by atoms with Crippen molar-refractivity contribution in [3.63, 3.8) is 0 Å². The number of rotatable bonds is 3. The van der Waals surface area contributed by atoms with E-state index in [-0.39, 0.29) is 31.4 Å². The van der Waals surface area contributed by atoms with E-state index in [0.717, 1.165) is 11.1 Å². The average Bonchev–Trinajstić information content (AvgIpc) is 2.96. The van der Waals surface area contributed by atoms with Gasteiger partial charge in [-0.3, -0.25) is 9.59 Å². The summed E-state index contributed by atoms with van der Waals surface area (Å²) in [7, 11) is -3.35. The number of piperazine rings is 2. The number of hydrogen-bond donors (Lipinski definition) is 1. The molecule has 2 amide bonds. The van der Waals surface area contributed by atoms with Gasteiger partial charge >= 0.3 is 0 Å². The highest BCUT2D eigenvalue weighted by molar-refractivity contribution is 7.88. The molecule has 2 aliphatic rings. The Labute approximate surface area is 132 Å². The number of nitrogens with zero attached hydrogens (tertiary/aromatic N) is 2. The van der Waals surface area contributed by atoms with E-state index < -0.39 is 22.1 Å². The van der Waals surface area contributed by atoms with E-state index in [2.05, 4.69) is 5.32 Å². The lowest BCUT2D eigenvalue weighted by atomic mass is 10.0. The number of carbonyl (C=O) groups excluding carboxylic acids is 2. The first-order valence-electron chi connectivity index (χ1n) is 6.94. The summed E-state index contributed by atoms with van der Waals surface area (Å²) < 4.78 is 24.5. The van der Waals surface area contributed by atoms with Crippen LogP contribution in [0.1, 0.15) is 4.88 Å². The second-order valence-electron chi connectivity index (χ2n) is 5.51. The van der Waals surface area contributed by atoms with Crippen LogP contribution < -0.4 is 5.32 Å². The fourth-order valence-electron chi connectivity index (χ4n) is 2.85. The molecule has 9 heteroatoms. The Morgan fingerprint density at radius 2 is 2.14 bits per heavy atom. The minimum atomic E-state index is -3.35. The summed E-state index contributed by atoms with van der Waals surface area (Å²) in [4.78, 5) is 27.3. The van der Waals surface area contributed by atoms with Gasteiger partial charge in [-0.2, -0.15) is 4.31 Å². The third kappa shape index (κ3) is 2.88. The first-order valence-corrected chi connectivity index (χ1v) is 9.67. The van der Waals surface area contributed by atoms with Crippen molar-refractivity contribution in [2.75, 3.05) is 25.9 Å². The number of thiophene rings is 1. The van der Waals surface area contributed by atoms with E-state index in [1.54, 1.807) is 11.3 Å². The van der Waals surface area contributed by atoms with Crippen LogP contribution in [-0.2, 0) is 26.0 Å². The topological polar surface area (TPSA) is 86.8 Å². The standard InChI is InChI=1S/C13H17N3O4S2/c1-22(19,20)15-4-5-16-11(8-15)12(17)14-10(13(16)18)7-9-3-2-6-21-9/h2-3,6,10-11H,4-5,7-8H2,1H3,(H,14,17)/t10-,11-/m0/s1. The van der Waals surface area contributed by atoms with Crippen LogP contribution in [0.25, 0.3) is 0 Å². The van der Waals surface area contributed by atoms with Crippen LogP contribution in [0.2, 0.25) is 0 Å². The van der Waals surface area contributed by atoms with Gasteiger partial charge in [0.25, 0.3) is 0 Å². The van der Waals surface area contributed by atoms with Gasteiger partial charge in [-0.25, -0.2) is 8.42 Å². The summed E-state index contributed by atoms with van der Waals surface area (Å²) in [6, 6.07) is 2.54. The highest BCUT2D eigenvalue weighted by atomic mass is 32.2. The molecule has 1 aromatic heterocycles. The lowest BCUT2D eigenvalue weighted by molar-refractivity contribution is -0.151. The second kappa shape index (κ2) is 5.64. The van der Waals surface area contributed by atoms with E-state index in [4.69, 9.17) is 0 Å². The molecule has 1 N–H and O–H groups in total. The normalized spacial score (nSPS) is 26.7. The zero-order valence-electron chi connectivity index (χ0n) is 12.1. The van der Waals surface area contributed by atoms with E-state index in [1.165, 1.54) is 9.21 Å². The first kappa shape index (κ1) is 15.4. The van der Waals surface area contributed by atoms with Crippen molar-refractivity contribution >= 4 is 33.2 Å². The highest BCUT2D eigenvalue weighted by Crippen LogP contribution is 2.20. The Hall–Kier alpha value is -1.45. The van der Waals surface area contributed by atoms with Crippen molar-refractivity contribution in [3.8, 4) is 0 Å². The van der Waals surface area contributed by atoms with Gasteiger partial charge in [0.05, 0.1) is 6.26 Å². The predicted octanol–water partition coefficient (Wildman–Crippen LogP) is -0.739. The van der Waals surface area contributed by atoms with Crippen molar-refractivity contribution in [3.05, 3.63) is 22.4 Å². The minimum Gasteiger partial charge on any atom is -0.342 e. The molecular formula is C13H17N3O4S2. The molecule has 3 rings (SSSR count). The molecule has 2 atom stereocenters. The molecule has 0 saturated carbocycles. The smallest absolute Gasteiger partial charge is 0.246 e. The maximum atomic E-state index is 12.5. The van der Waals surface area contributed by atoms with Gasteiger partial charge < -0.3 is 10.2 Å². The van der Waals surface area contributed by atoms with Crippen LogP contribution in [0.3, 0.4) is 0 Å². The van der Waals surface area contributed by atoms with E-state index >= 15 is 0 Å². The van der Waals surface area contributed by atoms with E-state index in [1.807, 2.05) is 17.5 Å². The second-order valence-corrected chi connectivity index (χ2v) is 8.53. The Bertz CT molecular complexity index is 686. The number of sulfonamides is 1. The van der Waals surface area contributed by atoms with E-state index in [9.17, 15) is 18.0 Å². The van der Waals surface area contributed by atoms with Gasteiger partial charge in [-0.1, -0.05) is 6.07 Å². The quantitative estimate of drug-likeness (QED) is 0.783. The molecule has 7 nitrogen and oxygen atoms in total. The summed E-state index contributed by atoms with van der Waals surface area (Å²) in [5.74, 6) is -0.416. The third-order valence-corrected chi connectivity index (χ3v) is 6.17. The molecule has 0 spiro atoms. The minimum absolute atomic E-state index is 0.0299.